The van der Waals surface area contributed by atoms with Crippen molar-refractivity contribution in [2.75, 3.05) is 0 Å². The van der Waals surface area contributed by atoms with Crippen molar-refractivity contribution in [3.8, 4) is 0 Å². The summed E-state index contributed by atoms with van der Waals surface area (Å²) >= 11 is 5.10. The van der Waals surface area contributed by atoms with E-state index in [4.69, 9.17) is 0 Å². The molecule has 0 aliphatic rings. The molecule has 0 bridgehead atoms. The molecule has 0 saturated carbocycles. The zero-order chi connectivity index (χ0) is 13.1. The minimum atomic E-state index is 0.565. The number of benzene rings is 1. The van der Waals surface area contributed by atoms with Crippen LogP contribution in [-0.2, 0) is 0 Å². The summed E-state index contributed by atoms with van der Waals surface area (Å²) in [6, 6.07) is 4.56. The molecule has 0 aliphatic carbocycles. The molecule has 5 heteroatoms. The Hall–Kier alpha value is -1.04. The first-order valence-corrected chi connectivity index (χ1v) is 8.59. The summed E-state index contributed by atoms with van der Waals surface area (Å²) in [7, 11) is 0. The zero-order valence-corrected chi connectivity index (χ0v) is 13.3. The normalized spacial score (nSPS) is 12.4. The van der Waals surface area contributed by atoms with E-state index < -0.39 is 0 Å². The van der Waals surface area contributed by atoms with Gasteiger partial charge in [-0.05, 0) is 25.0 Å². The van der Waals surface area contributed by atoms with Crippen LogP contribution < -0.4 is 0 Å². The van der Waals surface area contributed by atoms with E-state index in [1.54, 1.807) is 0 Å². The topological polar surface area (TPSA) is 25.8 Å². The molecule has 3 aromatic heterocycles. The van der Waals surface area contributed by atoms with Gasteiger partial charge in [-0.15, -0.1) is 22.7 Å². The molecule has 0 atom stereocenters. The summed E-state index contributed by atoms with van der Waals surface area (Å²) in [4.78, 5) is 2.78. The van der Waals surface area contributed by atoms with Crippen LogP contribution in [-0.4, -0.2) is 8.75 Å². The lowest BCUT2D eigenvalue weighted by Gasteiger charge is -1.96. The van der Waals surface area contributed by atoms with Gasteiger partial charge in [-0.25, -0.2) is 0 Å². The Bertz CT molecular complexity index is 911. The Morgan fingerprint density at radius 2 is 1.58 bits per heavy atom. The maximum atomic E-state index is 4.52. The summed E-state index contributed by atoms with van der Waals surface area (Å²) in [6.07, 6.45) is 0. The van der Waals surface area contributed by atoms with Gasteiger partial charge in [0.1, 0.15) is 11.0 Å². The van der Waals surface area contributed by atoms with Gasteiger partial charge in [0.2, 0.25) is 0 Å². The third-order valence-electron chi connectivity index (χ3n) is 3.38. The molecule has 2 nitrogen and oxygen atoms in total. The monoisotopic (exact) mass is 304 g/mol. The summed E-state index contributed by atoms with van der Waals surface area (Å²) in [5.41, 5.74) is 2.15. The molecule has 0 saturated heterocycles. The molecule has 0 aliphatic heterocycles. The summed E-state index contributed by atoms with van der Waals surface area (Å²) in [5, 5.41) is 2.56. The fourth-order valence-electron chi connectivity index (χ4n) is 2.44. The van der Waals surface area contributed by atoms with Crippen LogP contribution in [0, 0.1) is 6.92 Å². The highest BCUT2D eigenvalue weighted by Gasteiger charge is 2.17. The zero-order valence-electron chi connectivity index (χ0n) is 10.9. The predicted molar refractivity (Wildman–Crippen MR) is 87.0 cm³/mol. The Labute approximate surface area is 123 Å². The van der Waals surface area contributed by atoms with E-state index in [1.165, 1.54) is 41.7 Å². The minimum Gasteiger partial charge on any atom is -0.172 e. The number of fused-ring (bicyclic) bond motifs is 6. The van der Waals surface area contributed by atoms with Crippen LogP contribution in [0.3, 0.4) is 0 Å². The third kappa shape index (κ3) is 1.58. The van der Waals surface area contributed by atoms with Crippen molar-refractivity contribution >= 4 is 65.6 Å². The van der Waals surface area contributed by atoms with Gasteiger partial charge in [-0.2, -0.15) is 8.75 Å². The number of hydrogen-bond acceptors (Lipinski definition) is 5. The van der Waals surface area contributed by atoms with Crippen molar-refractivity contribution in [2.45, 2.75) is 26.7 Å². The van der Waals surface area contributed by atoms with Crippen molar-refractivity contribution in [3.05, 3.63) is 21.9 Å². The van der Waals surface area contributed by atoms with Gasteiger partial charge in [0, 0.05) is 20.5 Å². The lowest BCUT2D eigenvalue weighted by Crippen LogP contribution is -1.77. The fourth-order valence-corrected chi connectivity index (χ4v) is 5.35. The van der Waals surface area contributed by atoms with Crippen molar-refractivity contribution in [3.63, 3.8) is 0 Å². The molecule has 0 spiro atoms. The lowest BCUT2D eigenvalue weighted by molar-refractivity contribution is 0.890. The highest BCUT2D eigenvalue weighted by Crippen LogP contribution is 2.43. The first-order valence-electron chi connectivity index (χ1n) is 6.23. The average Bonchev–Trinajstić information content (AvgIpc) is 3.02. The van der Waals surface area contributed by atoms with Crippen molar-refractivity contribution < 1.29 is 0 Å². The van der Waals surface area contributed by atoms with Crippen LogP contribution in [0.25, 0.3) is 31.2 Å². The molecule has 0 N–H and O–H groups in total. The second-order valence-corrected chi connectivity index (χ2v) is 7.98. The van der Waals surface area contributed by atoms with Crippen LogP contribution in [0.15, 0.2) is 12.1 Å². The van der Waals surface area contributed by atoms with Crippen molar-refractivity contribution in [1.29, 1.82) is 0 Å². The van der Waals surface area contributed by atoms with Gasteiger partial charge >= 0.3 is 0 Å². The van der Waals surface area contributed by atoms with E-state index in [2.05, 4.69) is 41.7 Å². The van der Waals surface area contributed by atoms with Crippen LogP contribution in [0.4, 0.5) is 0 Å². The molecule has 0 fully saturated rings. The highest BCUT2D eigenvalue weighted by molar-refractivity contribution is 7.27. The number of rotatable bonds is 1. The molecule has 19 heavy (non-hydrogen) atoms. The Kier molecular flexibility index (Phi) is 2.46. The summed E-state index contributed by atoms with van der Waals surface area (Å²) in [5.74, 6) is 0.565. The van der Waals surface area contributed by atoms with Crippen molar-refractivity contribution in [1.82, 2.24) is 8.75 Å². The van der Waals surface area contributed by atoms with Gasteiger partial charge in [0.25, 0.3) is 0 Å². The van der Waals surface area contributed by atoms with Gasteiger partial charge in [0.15, 0.2) is 0 Å². The van der Waals surface area contributed by atoms with Crippen LogP contribution in [0.5, 0.6) is 0 Å². The number of hydrogen-bond donors (Lipinski definition) is 0. The van der Waals surface area contributed by atoms with Crippen LogP contribution in [0.2, 0.25) is 0 Å². The number of nitrogens with zero attached hydrogens (tertiary/aromatic N) is 2. The van der Waals surface area contributed by atoms with E-state index in [9.17, 15) is 0 Å². The van der Waals surface area contributed by atoms with Gasteiger partial charge < -0.3 is 0 Å². The molecule has 4 aromatic rings. The molecule has 1 aromatic carbocycles. The second kappa shape index (κ2) is 3.98. The third-order valence-corrected chi connectivity index (χ3v) is 6.56. The van der Waals surface area contributed by atoms with Crippen LogP contribution in [0.1, 0.15) is 29.5 Å². The molecule has 0 amide bonds. The SMILES string of the molecule is Cc1cc2c3nsnc3c3cc(C(C)C)sc3c2s1. The summed E-state index contributed by atoms with van der Waals surface area (Å²) < 4.78 is 11.8. The fraction of sp³-hybridized carbons (Fsp3) is 0.286. The number of thiophene rings is 2. The van der Waals surface area contributed by atoms with Gasteiger partial charge in [-0.1, -0.05) is 13.8 Å². The average molecular weight is 304 g/mol. The molecule has 3 heterocycles. The Morgan fingerprint density at radius 1 is 0.947 bits per heavy atom. The van der Waals surface area contributed by atoms with Crippen molar-refractivity contribution in [2.24, 2.45) is 0 Å². The molecular formula is C14H12N2S3. The smallest absolute Gasteiger partial charge is 0.114 e. The number of aromatic nitrogens is 2. The second-order valence-electron chi connectivity index (χ2n) is 5.11. The molecule has 0 unspecified atom stereocenters. The minimum absolute atomic E-state index is 0.565. The Balaban J connectivity index is 2.30. The van der Waals surface area contributed by atoms with E-state index in [1.807, 2.05) is 22.7 Å². The number of aryl methyl sites for hydroxylation is 1. The quantitative estimate of drug-likeness (QED) is 0.460. The molecule has 0 radical (unpaired) electrons. The Morgan fingerprint density at radius 3 is 2.26 bits per heavy atom. The van der Waals surface area contributed by atoms with Gasteiger partial charge in [-0.3, -0.25) is 0 Å². The maximum Gasteiger partial charge on any atom is 0.114 e. The van der Waals surface area contributed by atoms with E-state index in [0.29, 0.717) is 5.92 Å². The molecule has 4 rings (SSSR count). The first-order chi connectivity index (χ1) is 9.15. The summed E-state index contributed by atoms with van der Waals surface area (Å²) in [6.45, 7) is 6.66. The van der Waals surface area contributed by atoms with Gasteiger partial charge in [0.05, 0.1) is 21.1 Å². The first kappa shape index (κ1) is 11.8. The lowest BCUT2D eigenvalue weighted by atomic mass is 10.1. The highest BCUT2D eigenvalue weighted by atomic mass is 32.1. The standard InChI is InChI=1S/C14H12N2S3/c1-6(2)10-5-9-12-11(15-19-16-12)8-4-7(3)17-13(8)14(9)18-10/h4-6H,1-3H3. The molecular weight excluding hydrogens is 292 g/mol. The van der Waals surface area contributed by atoms with E-state index in [-0.39, 0.29) is 0 Å². The van der Waals surface area contributed by atoms with Crippen LogP contribution >= 0.6 is 34.4 Å². The van der Waals surface area contributed by atoms with E-state index >= 15 is 0 Å². The largest absolute Gasteiger partial charge is 0.172 e. The maximum absolute atomic E-state index is 4.52. The molecule has 96 valence electrons. The van der Waals surface area contributed by atoms with E-state index in [0.717, 1.165) is 11.0 Å². The predicted octanol–water partition coefficient (Wildman–Crippen LogP) is 5.55.